The van der Waals surface area contributed by atoms with Gasteiger partial charge in [-0.25, -0.2) is 14.8 Å². The van der Waals surface area contributed by atoms with E-state index in [0.717, 1.165) is 79.6 Å². The fourth-order valence-electron chi connectivity index (χ4n) is 6.17. The molecule has 4 heterocycles. The lowest BCUT2D eigenvalue weighted by Crippen LogP contribution is -2.36. The molecule has 0 radical (unpaired) electrons. The normalized spacial score (nSPS) is 17.0. The highest BCUT2D eigenvalue weighted by atomic mass is 16.6. The van der Waals surface area contributed by atoms with Crippen LogP contribution in [-0.2, 0) is 24.4 Å². The van der Waals surface area contributed by atoms with Crippen LogP contribution in [-0.4, -0.2) is 61.6 Å². The summed E-state index contributed by atoms with van der Waals surface area (Å²) in [6, 6.07) is 13.3. The fraction of sp³-hybridized carbons (Fsp3) is 0.441. The second kappa shape index (κ2) is 12.0. The third-order valence-electron chi connectivity index (χ3n) is 8.14. The first-order valence-electron chi connectivity index (χ1n) is 15.4. The Kier molecular flexibility index (Phi) is 8.11. The van der Waals surface area contributed by atoms with Crippen LogP contribution < -0.4 is 5.32 Å². The van der Waals surface area contributed by atoms with E-state index in [9.17, 15) is 4.79 Å². The number of aromatic nitrogens is 4. The summed E-state index contributed by atoms with van der Waals surface area (Å²) in [7, 11) is 2.17. The van der Waals surface area contributed by atoms with E-state index in [-0.39, 0.29) is 12.1 Å². The Balaban J connectivity index is 1.24. The molecule has 9 heteroatoms. The summed E-state index contributed by atoms with van der Waals surface area (Å²) in [5, 5.41) is 3.41. The van der Waals surface area contributed by atoms with Gasteiger partial charge in [0.1, 0.15) is 17.2 Å². The van der Waals surface area contributed by atoms with Crippen molar-refractivity contribution in [1.29, 1.82) is 0 Å². The van der Waals surface area contributed by atoms with Crippen LogP contribution in [0.5, 0.6) is 0 Å². The van der Waals surface area contributed by atoms with Crippen LogP contribution in [0.2, 0.25) is 0 Å². The molecule has 1 saturated heterocycles. The van der Waals surface area contributed by atoms with Gasteiger partial charge in [-0.3, -0.25) is 9.80 Å². The lowest BCUT2D eigenvalue weighted by molar-refractivity contribution is 0.0218. The second-order valence-corrected chi connectivity index (χ2v) is 12.9. The zero-order valence-corrected chi connectivity index (χ0v) is 26.0. The van der Waals surface area contributed by atoms with Gasteiger partial charge in [-0.2, -0.15) is 0 Å². The standard InChI is InChI=1S/C34H43N7O2/c1-6-13-35-19-31-36-17-28(38-31)22-9-11-26-24(15-22)20-40(5)21-25-16-23(10-12-27(25)26)29-18-37-32(39-29)30-8-7-14-41(30)33(42)43-34(2,3)4/h9-12,15-18,30,35H,6-8,13-14,19-21H2,1-5H3,(H,36,38)(H,37,39)/t30-/m0/s1. The molecule has 6 rings (SSSR count). The van der Waals surface area contributed by atoms with E-state index in [1.54, 1.807) is 4.90 Å². The Hall–Kier alpha value is -3.95. The topological polar surface area (TPSA) is 102 Å². The van der Waals surface area contributed by atoms with Crippen LogP contribution in [0, 0.1) is 0 Å². The number of amides is 1. The van der Waals surface area contributed by atoms with Gasteiger partial charge < -0.3 is 20.0 Å². The monoisotopic (exact) mass is 581 g/mol. The van der Waals surface area contributed by atoms with E-state index in [4.69, 9.17) is 9.72 Å². The largest absolute Gasteiger partial charge is 0.444 e. The predicted molar refractivity (Wildman–Crippen MR) is 169 cm³/mol. The molecule has 43 heavy (non-hydrogen) atoms. The van der Waals surface area contributed by atoms with Crippen molar-refractivity contribution in [3.05, 3.63) is 71.6 Å². The molecule has 0 spiro atoms. The van der Waals surface area contributed by atoms with Crippen molar-refractivity contribution in [1.82, 2.24) is 35.1 Å². The van der Waals surface area contributed by atoms with Gasteiger partial charge in [0.05, 0.1) is 36.4 Å². The third kappa shape index (κ3) is 6.38. The first-order chi connectivity index (χ1) is 20.7. The zero-order valence-electron chi connectivity index (χ0n) is 26.0. The quantitative estimate of drug-likeness (QED) is 0.211. The zero-order chi connectivity index (χ0) is 30.1. The molecule has 1 amide bonds. The molecule has 2 aromatic carbocycles. The number of nitrogens with zero attached hydrogens (tertiary/aromatic N) is 4. The van der Waals surface area contributed by atoms with Crippen LogP contribution in [0.4, 0.5) is 4.79 Å². The molecule has 0 bridgehead atoms. The first kappa shape index (κ1) is 29.1. The maximum absolute atomic E-state index is 12.8. The van der Waals surface area contributed by atoms with E-state index >= 15 is 0 Å². The number of hydrogen-bond acceptors (Lipinski definition) is 6. The maximum Gasteiger partial charge on any atom is 0.410 e. The van der Waals surface area contributed by atoms with Crippen molar-refractivity contribution in [2.45, 2.75) is 78.2 Å². The van der Waals surface area contributed by atoms with Gasteiger partial charge in [0.25, 0.3) is 0 Å². The Morgan fingerprint density at radius 3 is 2.30 bits per heavy atom. The Bertz CT molecular complexity index is 1600. The van der Waals surface area contributed by atoms with Gasteiger partial charge in [0, 0.05) is 19.6 Å². The summed E-state index contributed by atoms with van der Waals surface area (Å²) in [4.78, 5) is 33.3. The number of hydrogen-bond donors (Lipinski definition) is 3. The number of imidazole rings is 2. The summed E-state index contributed by atoms with van der Waals surface area (Å²) < 4.78 is 5.66. The van der Waals surface area contributed by atoms with Crippen molar-refractivity contribution in [3.8, 4) is 33.6 Å². The smallest absolute Gasteiger partial charge is 0.410 e. The lowest BCUT2D eigenvalue weighted by Gasteiger charge is -2.27. The van der Waals surface area contributed by atoms with E-state index in [1.807, 2.05) is 33.2 Å². The summed E-state index contributed by atoms with van der Waals surface area (Å²) in [5.74, 6) is 1.77. The van der Waals surface area contributed by atoms with Crippen molar-refractivity contribution >= 4 is 6.09 Å². The Labute approximate surface area is 254 Å². The number of nitrogens with one attached hydrogen (secondary N) is 3. The van der Waals surface area contributed by atoms with E-state index < -0.39 is 5.60 Å². The van der Waals surface area contributed by atoms with Crippen LogP contribution in [0.25, 0.3) is 33.6 Å². The highest BCUT2D eigenvalue weighted by Gasteiger charge is 2.35. The number of carbonyl (C=O) groups excluding carboxylic acids is 1. The number of rotatable bonds is 7. The molecule has 226 valence electrons. The second-order valence-electron chi connectivity index (χ2n) is 12.9. The van der Waals surface area contributed by atoms with Gasteiger partial charge >= 0.3 is 6.09 Å². The van der Waals surface area contributed by atoms with Crippen molar-refractivity contribution < 1.29 is 9.53 Å². The number of fused-ring (bicyclic) bond motifs is 3. The average Bonchev–Trinajstić information content (AvgIpc) is 3.72. The summed E-state index contributed by atoms with van der Waals surface area (Å²) in [6.45, 7) is 12.0. The van der Waals surface area contributed by atoms with Crippen LogP contribution >= 0.6 is 0 Å². The van der Waals surface area contributed by atoms with Crippen molar-refractivity contribution in [2.24, 2.45) is 0 Å². The molecule has 2 aromatic heterocycles. The summed E-state index contributed by atoms with van der Waals surface area (Å²) >= 11 is 0. The number of carbonyl (C=O) groups is 1. The minimum Gasteiger partial charge on any atom is -0.444 e. The van der Waals surface area contributed by atoms with E-state index in [1.165, 1.54) is 22.3 Å². The minimum absolute atomic E-state index is 0.102. The van der Waals surface area contributed by atoms with Crippen molar-refractivity contribution in [3.63, 3.8) is 0 Å². The third-order valence-corrected chi connectivity index (χ3v) is 8.14. The van der Waals surface area contributed by atoms with E-state index in [2.05, 4.69) is 75.5 Å². The molecule has 0 aliphatic carbocycles. The van der Waals surface area contributed by atoms with E-state index in [0.29, 0.717) is 6.54 Å². The average molecular weight is 582 g/mol. The van der Waals surface area contributed by atoms with Gasteiger partial charge in [-0.1, -0.05) is 31.2 Å². The first-order valence-corrected chi connectivity index (χ1v) is 15.4. The Morgan fingerprint density at radius 1 is 1.00 bits per heavy atom. The molecule has 4 aromatic rings. The molecular formula is C34H43N7O2. The van der Waals surface area contributed by atoms with Crippen LogP contribution in [0.3, 0.4) is 0 Å². The SMILES string of the molecule is CCCNCc1ncc(-c2ccc3c(c2)CN(C)Cc2cc(-c4cnc([C@@H]5CCCN5C(=O)OC(C)(C)C)[nH]4)ccc2-3)[nH]1. The summed E-state index contributed by atoms with van der Waals surface area (Å²) in [6.07, 6.45) is 6.45. The highest BCUT2D eigenvalue weighted by molar-refractivity contribution is 5.78. The number of ether oxygens (including phenoxy) is 1. The molecule has 1 atom stereocenters. The maximum atomic E-state index is 12.8. The number of H-pyrrole nitrogens is 2. The fourth-order valence-corrected chi connectivity index (χ4v) is 6.17. The molecule has 1 fully saturated rings. The van der Waals surface area contributed by atoms with Gasteiger partial charge in [0.15, 0.2) is 0 Å². The molecule has 2 aliphatic heterocycles. The molecule has 0 saturated carbocycles. The van der Waals surface area contributed by atoms with Crippen LogP contribution in [0.15, 0.2) is 48.8 Å². The Morgan fingerprint density at radius 2 is 1.65 bits per heavy atom. The number of likely N-dealkylation sites (tertiary alicyclic amines) is 1. The van der Waals surface area contributed by atoms with Gasteiger partial charge in [-0.05, 0) is 99.1 Å². The lowest BCUT2D eigenvalue weighted by atomic mass is 9.93. The number of aromatic amines is 2. The summed E-state index contributed by atoms with van der Waals surface area (Å²) in [5.41, 5.74) is 8.83. The highest BCUT2D eigenvalue weighted by Crippen LogP contribution is 2.37. The molecule has 2 aliphatic rings. The minimum atomic E-state index is -0.526. The number of benzene rings is 2. The molecular weight excluding hydrogens is 538 g/mol. The predicted octanol–water partition coefficient (Wildman–Crippen LogP) is 6.65. The van der Waals surface area contributed by atoms with Gasteiger partial charge in [-0.15, -0.1) is 0 Å². The molecule has 9 nitrogen and oxygen atoms in total. The molecule has 3 N–H and O–H groups in total. The van der Waals surface area contributed by atoms with Crippen LogP contribution in [0.1, 0.15) is 75.8 Å². The molecule has 0 unspecified atom stereocenters. The van der Waals surface area contributed by atoms with Crippen molar-refractivity contribution in [2.75, 3.05) is 20.1 Å². The van der Waals surface area contributed by atoms with Gasteiger partial charge in [0.2, 0.25) is 0 Å².